The Kier molecular flexibility index (Phi) is 4.40. The topological polar surface area (TPSA) is 60.7 Å². The van der Waals surface area contributed by atoms with E-state index in [1.807, 2.05) is 26.0 Å². The fraction of sp³-hybridized carbons (Fsp3) is 0.143. The number of phenols is 3. The maximum absolute atomic E-state index is 9.04. The molecule has 90 valence electrons. The van der Waals surface area contributed by atoms with Crippen LogP contribution in [0.3, 0.4) is 0 Å². The van der Waals surface area contributed by atoms with Crippen molar-refractivity contribution >= 4 is 0 Å². The maximum Gasteiger partial charge on any atom is 0.118 e. The molecule has 2 rings (SSSR count). The number of aryl methyl sites for hydroxylation is 2. The predicted molar refractivity (Wildman–Crippen MR) is 67.4 cm³/mol. The fourth-order valence-corrected chi connectivity index (χ4v) is 1.26. The molecular formula is C14H16O3. The van der Waals surface area contributed by atoms with Gasteiger partial charge in [0.05, 0.1) is 0 Å². The first-order valence-corrected chi connectivity index (χ1v) is 5.23. The van der Waals surface area contributed by atoms with E-state index in [0.29, 0.717) is 5.75 Å². The van der Waals surface area contributed by atoms with Gasteiger partial charge in [-0.1, -0.05) is 17.7 Å². The Morgan fingerprint density at radius 3 is 1.53 bits per heavy atom. The van der Waals surface area contributed by atoms with Gasteiger partial charge in [0.15, 0.2) is 0 Å². The smallest absolute Gasteiger partial charge is 0.118 e. The van der Waals surface area contributed by atoms with E-state index in [0.717, 1.165) is 5.56 Å². The molecule has 0 aliphatic rings. The number of phenolic OH excluding ortho intramolecular Hbond substituents is 3. The van der Waals surface area contributed by atoms with Crippen molar-refractivity contribution in [2.24, 2.45) is 0 Å². The Balaban J connectivity index is 0.000000171. The number of aromatic hydroxyl groups is 3. The molecule has 0 spiro atoms. The third kappa shape index (κ3) is 4.47. The third-order valence-corrected chi connectivity index (χ3v) is 2.20. The van der Waals surface area contributed by atoms with Crippen LogP contribution < -0.4 is 0 Å². The first kappa shape index (κ1) is 12.9. The van der Waals surface area contributed by atoms with Gasteiger partial charge in [-0.25, -0.2) is 0 Å². The molecule has 0 saturated heterocycles. The minimum Gasteiger partial charge on any atom is -0.508 e. The van der Waals surface area contributed by atoms with Gasteiger partial charge >= 0.3 is 0 Å². The summed E-state index contributed by atoms with van der Waals surface area (Å²) >= 11 is 0. The first-order valence-electron chi connectivity index (χ1n) is 5.23. The van der Waals surface area contributed by atoms with E-state index < -0.39 is 0 Å². The fourth-order valence-electron chi connectivity index (χ4n) is 1.26. The number of hydrogen-bond acceptors (Lipinski definition) is 3. The summed E-state index contributed by atoms with van der Waals surface area (Å²) < 4.78 is 0. The molecule has 0 atom stereocenters. The summed E-state index contributed by atoms with van der Waals surface area (Å²) in [6.45, 7) is 3.90. The van der Waals surface area contributed by atoms with E-state index >= 15 is 0 Å². The minimum absolute atomic E-state index is 0.169. The van der Waals surface area contributed by atoms with E-state index in [-0.39, 0.29) is 11.5 Å². The van der Waals surface area contributed by atoms with Gasteiger partial charge in [-0.3, -0.25) is 0 Å². The molecule has 0 amide bonds. The minimum atomic E-state index is 0.169. The highest BCUT2D eigenvalue weighted by Gasteiger charge is 1.91. The molecule has 3 nitrogen and oxygen atoms in total. The first-order chi connectivity index (χ1) is 7.99. The SMILES string of the molecule is Cc1ccc(O)c(C)c1.Oc1ccc(O)cc1. The molecule has 0 heterocycles. The zero-order chi connectivity index (χ0) is 12.8. The van der Waals surface area contributed by atoms with Gasteiger partial charge < -0.3 is 15.3 Å². The van der Waals surface area contributed by atoms with Gasteiger partial charge in [-0.05, 0) is 49.7 Å². The second-order valence-corrected chi connectivity index (χ2v) is 3.81. The lowest BCUT2D eigenvalue weighted by Crippen LogP contribution is -1.75. The molecular weight excluding hydrogens is 216 g/mol. The van der Waals surface area contributed by atoms with E-state index in [9.17, 15) is 0 Å². The number of rotatable bonds is 0. The number of hydrogen-bond donors (Lipinski definition) is 3. The molecule has 2 aromatic carbocycles. The van der Waals surface area contributed by atoms with Crippen LogP contribution in [0.4, 0.5) is 0 Å². The molecule has 0 aliphatic heterocycles. The summed E-state index contributed by atoms with van der Waals surface area (Å²) in [7, 11) is 0. The second-order valence-electron chi connectivity index (χ2n) is 3.81. The molecule has 0 fully saturated rings. The van der Waals surface area contributed by atoms with Gasteiger partial charge in [0.1, 0.15) is 17.2 Å². The van der Waals surface area contributed by atoms with Crippen LogP contribution in [0.15, 0.2) is 42.5 Å². The van der Waals surface area contributed by atoms with Crippen molar-refractivity contribution in [3.05, 3.63) is 53.6 Å². The standard InChI is InChI=1S/C8H10O.C6H6O2/c1-6-3-4-8(9)7(2)5-6;7-5-1-2-6(8)4-3-5/h3-5,9H,1-2H3;1-4,7-8H. The summed E-state index contributed by atoms with van der Waals surface area (Å²) in [6, 6.07) is 11.3. The molecule has 3 N–H and O–H groups in total. The van der Waals surface area contributed by atoms with Crippen LogP contribution in [0, 0.1) is 13.8 Å². The Morgan fingerprint density at radius 1 is 0.706 bits per heavy atom. The largest absolute Gasteiger partial charge is 0.508 e. The van der Waals surface area contributed by atoms with Crippen molar-refractivity contribution in [2.75, 3.05) is 0 Å². The van der Waals surface area contributed by atoms with Crippen LogP contribution in [-0.2, 0) is 0 Å². The quantitative estimate of drug-likeness (QED) is 0.612. The highest BCUT2D eigenvalue weighted by Crippen LogP contribution is 2.15. The second kappa shape index (κ2) is 5.80. The van der Waals surface area contributed by atoms with E-state index in [1.165, 1.54) is 29.8 Å². The van der Waals surface area contributed by atoms with Crippen LogP contribution in [-0.4, -0.2) is 15.3 Å². The third-order valence-electron chi connectivity index (χ3n) is 2.20. The summed E-state index contributed by atoms with van der Waals surface area (Å²) in [5.74, 6) is 0.714. The van der Waals surface area contributed by atoms with Crippen LogP contribution in [0.2, 0.25) is 0 Å². The van der Waals surface area contributed by atoms with Gasteiger partial charge in [0.25, 0.3) is 0 Å². The highest BCUT2D eigenvalue weighted by molar-refractivity contribution is 5.34. The Bertz CT molecular complexity index is 454. The van der Waals surface area contributed by atoms with Crippen molar-refractivity contribution in [3.63, 3.8) is 0 Å². The van der Waals surface area contributed by atoms with Crippen LogP contribution in [0.25, 0.3) is 0 Å². The normalized spacial score (nSPS) is 9.29. The molecule has 17 heavy (non-hydrogen) atoms. The van der Waals surface area contributed by atoms with Crippen molar-refractivity contribution in [1.82, 2.24) is 0 Å². The summed E-state index contributed by atoms with van der Waals surface area (Å²) in [4.78, 5) is 0. The molecule has 0 bridgehead atoms. The van der Waals surface area contributed by atoms with Crippen LogP contribution in [0.5, 0.6) is 17.2 Å². The monoisotopic (exact) mass is 232 g/mol. The summed E-state index contributed by atoms with van der Waals surface area (Å²) in [6.07, 6.45) is 0. The van der Waals surface area contributed by atoms with E-state index in [2.05, 4.69) is 0 Å². The Labute approximate surface area is 101 Å². The molecule has 0 unspecified atom stereocenters. The molecule has 0 saturated carbocycles. The molecule has 0 radical (unpaired) electrons. The Morgan fingerprint density at radius 2 is 1.18 bits per heavy atom. The van der Waals surface area contributed by atoms with E-state index in [1.54, 1.807) is 6.07 Å². The number of benzene rings is 2. The lowest BCUT2D eigenvalue weighted by molar-refractivity contribution is 0.460. The summed E-state index contributed by atoms with van der Waals surface area (Å²) in [5, 5.41) is 26.3. The molecule has 3 heteroatoms. The Hall–Kier alpha value is -2.16. The highest BCUT2D eigenvalue weighted by atomic mass is 16.3. The lowest BCUT2D eigenvalue weighted by Gasteiger charge is -1.97. The average Bonchev–Trinajstić information content (AvgIpc) is 2.29. The van der Waals surface area contributed by atoms with Crippen LogP contribution >= 0.6 is 0 Å². The predicted octanol–water partition coefficient (Wildman–Crippen LogP) is 3.11. The lowest BCUT2D eigenvalue weighted by atomic mass is 10.1. The van der Waals surface area contributed by atoms with Crippen molar-refractivity contribution in [2.45, 2.75) is 13.8 Å². The summed E-state index contributed by atoms with van der Waals surface area (Å²) in [5.41, 5.74) is 2.13. The average molecular weight is 232 g/mol. The molecule has 0 aromatic heterocycles. The van der Waals surface area contributed by atoms with Crippen molar-refractivity contribution < 1.29 is 15.3 Å². The maximum atomic E-state index is 9.04. The van der Waals surface area contributed by atoms with Crippen LogP contribution in [0.1, 0.15) is 11.1 Å². The zero-order valence-electron chi connectivity index (χ0n) is 9.88. The van der Waals surface area contributed by atoms with Gasteiger partial charge in [0, 0.05) is 0 Å². The van der Waals surface area contributed by atoms with Crippen molar-refractivity contribution in [3.8, 4) is 17.2 Å². The van der Waals surface area contributed by atoms with Gasteiger partial charge in [0.2, 0.25) is 0 Å². The molecule has 2 aromatic rings. The van der Waals surface area contributed by atoms with Gasteiger partial charge in [-0.15, -0.1) is 0 Å². The van der Waals surface area contributed by atoms with E-state index in [4.69, 9.17) is 15.3 Å². The van der Waals surface area contributed by atoms with Gasteiger partial charge in [-0.2, -0.15) is 0 Å². The van der Waals surface area contributed by atoms with Crippen molar-refractivity contribution in [1.29, 1.82) is 0 Å². The molecule has 0 aliphatic carbocycles. The zero-order valence-corrected chi connectivity index (χ0v) is 9.88.